The van der Waals surface area contributed by atoms with Crippen LogP contribution in [0.25, 0.3) is 0 Å². The number of hydrogen-bond donors (Lipinski definition) is 2. The van der Waals surface area contributed by atoms with Crippen LogP contribution in [0.3, 0.4) is 0 Å². The molecular weight excluding hydrogens is 214 g/mol. The number of rotatable bonds is 4. The zero-order valence-electron chi connectivity index (χ0n) is 8.32. The highest BCUT2D eigenvalue weighted by molar-refractivity contribution is 6.31. The number of nitrogens with one attached hydrogen (secondary N) is 1. The van der Waals surface area contributed by atoms with Crippen molar-refractivity contribution in [2.24, 2.45) is 0 Å². The summed E-state index contributed by atoms with van der Waals surface area (Å²) in [4.78, 5) is 0. The lowest BCUT2D eigenvalue weighted by Crippen LogP contribution is -2.47. The van der Waals surface area contributed by atoms with Crippen molar-refractivity contribution in [1.82, 2.24) is 5.32 Å². The van der Waals surface area contributed by atoms with E-state index in [0.717, 1.165) is 18.8 Å². The Morgan fingerprint density at radius 1 is 1.47 bits per heavy atom. The van der Waals surface area contributed by atoms with Crippen molar-refractivity contribution >= 4 is 11.6 Å². The summed E-state index contributed by atoms with van der Waals surface area (Å²) in [5, 5.41) is 13.7. The maximum absolute atomic E-state index is 9.88. The first-order valence-corrected chi connectivity index (χ1v) is 5.39. The summed E-state index contributed by atoms with van der Waals surface area (Å²) < 4.78 is 5.03. The van der Waals surface area contributed by atoms with Crippen LogP contribution in [0.15, 0.2) is 24.3 Å². The van der Waals surface area contributed by atoms with Crippen molar-refractivity contribution in [2.75, 3.05) is 19.8 Å². The van der Waals surface area contributed by atoms with E-state index in [2.05, 4.69) is 5.32 Å². The standard InChI is InChI=1S/C11H14ClNO2/c12-10-4-2-1-3-9(10)11(14)5-13-8-6-15-7-8/h1-4,8,11,13-14H,5-7H2. The molecule has 1 aromatic carbocycles. The minimum atomic E-state index is -0.556. The Balaban J connectivity index is 1.89. The second kappa shape index (κ2) is 4.94. The molecule has 1 heterocycles. The molecular formula is C11H14ClNO2. The Kier molecular flexibility index (Phi) is 3.59. The van der Waals surface area contributed by atoms with Crippen LogP contribution in [0.5, 0.6) is 0 Å². The number of benzene rings is 1. The molecule has 1 saturated heterocycles. The first kappa shape index (κ1) is 10.9. The van der Waals surface area contributed by atoms with E-state index in [0.29, 0.717) is 17.6 Å². The average Bonchev–Trinajstić information content (AvgIpc) is 2.16. The van der Waals surface area contributed by atoms with Gasteiger partial charge in [-0.3, -0.25) is 0 Å². The first-order chi connectivity index (χ1) is 7.27. The predicted molar refractivity (Wildman–Crippen MR) is 59.0 cm³/mol. The van der Waals surface area contributed by atoms with Crippen molar-refractivity contribution in [3.63, 3.8) is 0 Å². The molecule has 1 aliphatic rings. The molecule has 2 rings (SSSR count). The van der Waals surface area contributed by atoms with Crippen LogP contribution >= 0.6 is 11.6 Å². The SMILES string of the molecule is OC(CNC1COC1)c1ccccc1Cl. The maximum atomic E-state index is 9.88. The summed E-state index contributed by atoms with van der Waals surface area (Å²) >= 11 is 5.97. The van der Waals surface area contributed by atoms with E-state index in [1.54, 1.807) is 6.07 Å². The van der Waals surface area contributed by atoms with E-state index < -0.39 is 6.10 Å². The minimum absolute atomic E-state index is 0.377. The zero-order chi connectivity index (χ0) is 10.7. The third kappa shape index (κ3) is 2.69. The lowest BCUT2D eigenvalue weighted by molar-refractivity contribution is -0.00980. The molecule has 0 bridgehead atoms. The lowest BCUT2D eigenvalue weighted by atomic mass is 10.1. The molecule has 0 radical (unpaired) electrons. The molecule has 4 heteroatoms. The minimum Gasteiger partial charge on any atom is -0.387 e. The third-order valence-corrected chi connectivity index (χ3v) is 2.85. The van der Waals surface area contributed by atoms with Crippen molar-refractivity contribution in [3.05, 3.63) is 34.9 Å². The van der Waals surface area contributed by atoms with E-state index in [4.69, 9.17) is 16.3 Å². The highest BCUT2D eigenvalue weighted by atomic mass is 35.5. The molecule has 15 heavy (non-hydrogen) atoms. The maximum Gasteiger partial charge on any atom is 0.0928 e. The molecule has 2 N–H and O–H groups in total. The van der Waals surface area contributed by atoms with Crippen LogP contribution in [0.1, 0.15) is 11.7 Å². The number of hydrogen-bond acceptors (Lipinski definition) is 3. The van der Waals surface area contributed by atoms with E-state index in [-0.39, 0.29) is 0 Å². The Bertz CT molecular complexity index is 328. The summed E-state index contributed by atoms with van der Waals surface area (Å²) in [6.07, 6.45) is -0.556. The van der Waals surface area contributed by atoms with Gasteiger partial charge >= 0.3 is 0 Å². The van der Waals surface area contributed by atoms with Crippen molar-refractivity contribution in [3.8, 4) is 0 Å². The van der Waals surface area contributed by atoms with Gasteiger partial charge < -0.3 is 15.2 Å². The third-order valence-electron chi connectivity index (χ3n) is 2.50. The molecule has 82 valence electrons. The van der Waals surface area contributed by atoms with Gasteiger partial charge in [0.15, 0.2) is 0 Å². The van der Waals surface area contributed by atoms with Gasteiger partial charge in [-0.05, 0) is 6.07 Å². The van der Waals surface area contributed by atoms with Crippen molar-refractivity contribution in [1.29, 1.82) is 0 Å². The second-order valence-corrected chi connectivity index (χ2v) is 4.09. The van der Waals surface area contributed by atoms with E-state index in [9.17, 15) is 5.11 Å². The van der Waals surface area contributed by atoms with E-state index in [1.807, 2.05) is 18.2 Å². The molecule has 0 amide bonds. The summed E-state index contributed by atoms with van der Waals surface area (Å²) in [6.45, 7) is 1.97. The molecule has 1 fully saturated rings. The molecule has 0 aromatic heterocycles. The van der Waals surface area contributed by atoms with Gasteiger partial charge in [0.05, 0.1) is 25.4 Å². The molecule has 1 aliphatic heterocycles. The number of aliphatic hydroxyl groups is 1. The fourth-order valence-electron chi connectivity index (χ4n) is 1.49. The highest BCUT2D eigenvalue weighted by Crippen LogP contribution is 2.22. The van der Waals surface area contributed by atoms with Crippen LogP contribution in [0.4, 0.5) is 0 Å². The molecule has 1 atom stereocenters. The topological polar surface area (TPSA) is 41.5 Å². The van der Waals surface area contributed by atoms with Crippen molar-refractivity contribution in [2.45, 2.75) is 12.1 Å². The van der Waals surface area contributed by atoms with Gasteiger partial charge in [-0.25, -0.2) is 0 Å². The monoisotopic (exact) mass is 227 g/mol. The van der Waals surface area contributed by atoms with Gasteiger partial charge in [-0.2, -0.15) is 0 Å². The number of ether oxygens (including phenoxy) is 1. The average molecular weight is 228 g/mol. The predicted octanol–water partition coefficient (Wildman–Crippen LogP) is 1.36. The van der Waals surface area contributed by atoms with Gasteiger partial charge in [0.2, 0.25) is 0 Å². The van der Waals surface area contributed by atoms with Crippen LogP contribution in [-0.4, -0.2) is 30.9 Å². The highest BCUT2D eigenvalue weighted by Gasteiger charge is 2.19. The van der Waals surface area contributed by atoms with Gasteiger partial charge in [0, 0.05) is 17.1 Å². The zero-order valence-corrected chi connectivity index (χ0v) is 9.07. The van der Waals surface area contributed by atoms with E-state index in [1.165, 1.54) is 0 Å². The van der Waals surface area contributed by atoms with Gasteiger partial charge in [-0.15, -0.1) is 0 Å². The Morgan fingerprint density at radius 2 is 2.20 bits per heavy atom. The normalized spacial score (nSPS) is 18.5. The molecule has 1 aromatic rings. The second-order valence-electron chi connectivity index (χ2n) is 3.68. The quantitative estimate of drug-likeness (QED) is 0.816. The van der Waals surface area contributed by atoms with Crippen LogP contribution in [-0.2, 0) is 4.74 Å². The summed E-state index contributed by atoms with van der Waals surface area (Å²) in [7, 11) is 0. The fourth-order valence-corrected chi connectivity index (χ4v) is 1.75. The fraction of sp³-hybridized carbons (Fsp3) is 0.455. The smallest absolute Gasteiger partial charge is 0.0928 e. The Labute approximate surface area is 94.0 Å². The Morgan fingerprint density at radius 3 is 2.80 bits per heavy atom. The van der Waals surface area contributed by atoms with Crippen LogP contribution in [0.2, 0.25) is 5.02 Å². The van der Waals surface area contributed by atoms with Gasteiger partial charge in [-0.1, -0.05) is 29.8 Å². The van der Waals surface area contributed by atoms with Crippen molar-refractivity contribution < 1.29 is 9.84 Å². The molecule has 1 unspecified atom stereocenters. The van der Waals surface area contributed by atoms with Crippen LogP contribution in [0, 0.1) is 0 Å². The van der Waals surface area contributed by atoms with Gasteiger partial charge in [0.1, 0.15) is 0 Å². The largest absolute Gasteiger partial charge is 0.387 e. The molecule has 0 aliphatic carbocycles. The molecule has 3 nitrogen and oxygen atoms in total. The summed E-state index contributed by atoms with van der Waals surface area (Å²) in [6, 6.07) is 7.73. The van der Waals surface area contributed by atoms with E-state index >= 15 is 0 Å². The number of halogens is 1. The first-order valence-electron chi connectivity index (χ1n) is 5.01. The summed E-state index contributed by atoms with van der Waals surface area (Å²) in [5.74, 6) is 0. The summed E-state index contributed by atoms with van der Waals surface area (Å²) in [5.41, 5.74) is 0.770. The molecule has 0 saturated carbocycles. The number of aliphatic hydroxyl groups excluding tert-OH is 1. The molecule has 0 spiro atoms. The lowest BCUT2D eigenvalue weighted by Gasteiger charge is -2.28. The Hall–Kier alpha value is -0.610. The van der Waals surface area contributed by atoms with Gasteiger partial charge in [0.25, 0.3) is 0 Å². The van der Waals surface area contributed by atoms with Crippen LogP contribution < -0.4 is 5.32 Å².